The predicted molar refractivity (Wildman–Crippen MR) is 50.7 cm³/mol. The first-order chi connectivity index (χ1) is 6.75. The summed E-state index contributed by atoms with van der Waals surface area (Å²) in [6.45, 7) is 0.345. The second kappa shape index (κ2) is 3.75. The molecule has 1 heterocycles. The summed E-state index contributed by atoms with van der Waals surface area (Å²) in [5, 5.41) is 9.63. The van der Waals surface area contributed by atoms with Gasteiger partial charge in [0.25, 0.3) is 0 Å². The summed E-state index contributed by atoms with van der Waals surface area (Å²) in [4.78, 5) is 15.2. The molecule has 0 atom stereocenters. The summed E-state index contributed by atoms with van der Waals surface area (Å²) in [5.41, 5.74) is 0. The lowest BCUT2D eigenvalue weighted by atomic mass is 10.5. The molecule has 1 aromatic heterocycles. The van der Waals surface area contributed by atoms with Crippen LogP contribution in [0.2, 0.25) is 0 Å². The second-order valence-corrected chi connectivity index (χ2v) is 3.41. The zero-order chi connectivity index (χ0) is 9.97. The molecule has 1 aliphatic carbocycles. The van der Waals surface area contributed by atoms with Crippen LogP contribution in [0.1, 0.15) is 12.8 Å². The highest BCUT2D eigenvalue weighted by Crippen LogP contribution is 2.17. The minimum absolute atomic E-state index is 0.0759. The molecule has 6 heteroatoms. The quantitative estimate of drug-likeness (QED) is 0.679. The number of rotatable bonds is 4. The van der Waals surface area contributed by atoms with Crippen molar-refractivity contribution in [3.05, 3.63) is 6.33 Å². The van der Waals surface area contributed by atoms with Crippen LogP contribution in [0.25, 0.3) is 0 Å². The summed E-state index contributed by atoms with van der Waals surface area (Å²) in [6.07, 6.45) is 3.76. The fourth-order valence-electron chi connectivity index (χ4n) is 1.10. The van der Waals surface area contributed by atoms with Crippen LogP contribution in [-0.2, 0) is 11.8 Å². The van der Waals surface area contributed by atoms with E-state index in [1.165, 1.54) is 23.9 Å². The summed E-state index contributed by atoms with van der Waals surface area (Å²) in [7, 11) is 1.73. The van der Waals surface area contributed by atoms with Crippen molar-refractivity contribution in [3.63, 3.8) is 0 Å². The molecule has 0 spiro atoms. The number of aromatic nitrogens is 3. The number of carbonyl (C=O) groups excluding carboxylic acids is 1. The van der Waals surface area contributed by atoms with Crippen molar-refractivity contribution in [2.45, 2.75) is 18.9 Å². The Bertz CT molecular complexity index is 330. The number of hydrogen-bond acceptors (Lipinski definition) is 4. The zero-order valence-electron chi connectivity index (χ0n) is 8.03. The van der Waals surface area contributed by atoms with Crippen LogP contribution in [0.3, 0.4) is 0 Å². The maximum Gasteiger partial charge on any atom is 0.240 e. The predicted octanol–water partition coefficient (Wildman–Crippen LogP) is -0.494. The van der Waals surface area contributed by atoms with Crippen molar-refractivity contribution in [1.82, 2.24) is 20.1 Å². The number of anilines is 1. The average Bonchev–Trinajstić information content (AvgIpc) is 2.90. The average molecular weight is 195 g/mol. The summed E-state index contributed by atoms with van der Waals surface area (Å²) in [6, 6.07) is 0.542. The minimum atomic E-state index is -0.0759. The lowest BCUT2D eigenvalue weighted by Crippen LogP contribution is -2.30. The van der Waals surface area contributed by atoms with Crippen molar-refractivity contribution >= 4 is 11.9 Å². The minimum Gasteiger partial charge on any atom is -0.306 e. The van der Waals surface area contributed by atoms with E-state index in [4.69, 9.17) is 0 Å². The maximum absolute atomic E-state index is 11.3. The molecule has 1 amide bonds. The standard InChI is InChI=1S/C8H13N5O/c1-13-8(10-5-11-13)12-7(14)4-9-6-2-3-6/h5-6,9H,2-4H2,1H3,(H,10,11,12,14). The molecule has 2 N–H and O–H groups in total. The van der Waals surface area contributed by atoms with Crippen molar-refractivity contribution in [2.24, 2.45) is 7.05 Å². The first-order valence-corrected chi connectivity index (χ1v) is 4.63. The third-order valence-electron chi connectivity index (χ3n) is 2.09. The van der Waals surface area contributed by atoms with E-state index in [0.717, 1.165) is 0 Å². The van der Waals surface area contributed by atoms with Gasteiger partial charge in [-0.1, -0.05) is 0 Å². The number of nitrogens with zero attached hydrogens (tertiary/aromatic N) is 3. The number of aryl methyl sites for hydroxylation is 1. The Balaban J connectivity index is 1.78. The van der Waals surface area contributed by atoms with Gasteiger partial charge in [0, 0.05) is 13.1 Å². The Hall–Kier alpha value is -1.43. The Labute approximate surface area is 81.7 Å². The number of carbonyl (C=O) groups is 1. The normalized spacial score (nSPS) is 15.5. The SMILES string of the molecule is Cn1ncnc1NC(=O)CNC1CC1. The number of nitrogens with one attached hydrogen (secondary N) is 2. The smallest absolute Gasteiger partial charge is 0.240 e. The Kier molecular flexibility index (Phi) is 2.45. The molecule has 0 saturated heterocycles. The Morgan fingerprint density at radius 2 is 2.50 bits per heavy atom. The van der Waals surface area contributed by atoms with Gasteiger partial charge in [0.2, 0.25) is 11.9 Å². The Morgan fingerprint density at radius 1 is 1.71 bits per heavy atom. The number of amides is 1. The lowest BCUT2D eigenvalue weighted by Gasteiger charge is -2.03. The molecular formula is C8H13N5O. The van der Waals surface area contributed by atoms with E-state index in [0.29, 0.717) is 18.5 Å². The van der Waals surface area contributed by atoms with E-state index in [1.54, 1.807) is 7.05 Å². The van der Waals surface area contributed by atoms with E-state index >= 15 is 0 Å². The van der Waals surface area contributed by atoms with E-state index in [1.807, 2.05) is 0 Å². The van der Waals surface area contributed by atoms with Crippen LogP contribution >= 0.6 is 0 Å². The highest BCUT2D eigenvalue weighted by Gasteiger charge is 2.21. The highest BCUT2D eigenvalue weighted by molar-refractivity contribution is 5.90. The van der Waals surface area contributed by atoms with Gasteiger partial charge >= 0.3 is 0 Å². The van der Waals surface area contributed by atoms with Crippen molar-refractivity contribution < 1.29 is 4.79 Å². The van der Waals surface area contributed by atoms with Gasteiger partial charge in [0.05, 0.1) is 6.54 Å². The van der Waals surface area contributed by atoms with Crippen LogP contribution in [0.5, 0.6) is 0 Å². The maximum atomic E-state index is 11.3. The van der Waals surface area contributed by atoms with Crippen LogP contribution in [0.4, 0.5) is 5.95 Å². The van der Waals surface area contributed by atoms with Gasteiger partial charge in [-0.05, 0) is 12.8 Å². The van der Waals surface area contributed by atoms with E-state index in [-0.39, 0.29) is 5.91 Å². The van der Waals surface area contributed by atoms with Gasteiger partial charge in [-0.15, -0.1) is 0 Å². The van der Waals surface area contributed by atoms with Gasteiger partial charge in [-0.25, -0.2) is 4.68 Å². The first-order valence-electron chi connectivity index (χ1n) is 4.63. The topological polar surface area (TPSA) is 71.8 Å². The molecule has 1 aromatic rings. The summed E-state index contributed by atoms with van der Waals surface area (Å²) >= 11 is 0. The molecule has 0 bridgehead atoms. The molecule has 0 unspecified atom stereocenters. The van der Waals surface area contributed by atoms with Gasteiger partial charge in [0.15, 0.2) is 0 Å². The molecule has 14 heavy (non-hydrogen) atoms. The highest BCUT2D eigenvalue weighted by atomic mass is 16.2. The summed E-state index contributed by atoms with van der Waals surface area (Å²) in [5.74, 6) is 0.403. The van der Waals surface area contributed by atoms with Gasteiger partial charge in [0.1, 0.15) is 6.33 Å². The fourth-order valence-corrected chi connectivity index (χ4v) is 1.10. The van der Waals surface area contributed by atoms with Gasteiger partial charge in [-0.2, -0.15) is 10.1 Å². The molecule has 1 fully saturated rings. The monoisotopic (exact) mass is 195 g/mol. The molecule has 1 saturated carbocycles. The molecule has 76 valence electrons. The van der Waals surface area contributed by atoms with Gasteiger partial charge < -0.3 is 5.32 Å². The molecule has 1 aliphatic rings. The van der Waals surface area contributed by atoms with Crippen molar-refractivity contribution in [1.29, 1.82) is 0 Å². The van der Waals surface area contributed by atoms with E-state index < -0.39 is 0 Å². The third kappa shape index (κ3) is 2.29. The van der Waals surface area contributed by atoms with Crippen LogP contribution in [0, 0.1) is 0 Å². The van der Waals surface area contributed by atoms with Crippen LogP contribution in [-0.4, -0.2) is 33.3 Å². The fraction of sp³-hybridized carbons (Fsp3) is 0.625. The van der Waals surface area contributed by atoms with Crippen molar-refractivity contribution in [3.8, 4) is 0 Å². The molecular weight excluding hydrogens is 182 g/mol. The zero-order valence-corrected chi connectivity index (χ0v) is 8.03. The molecule has 0 radical (unpaired) electrons. The van der Waals surface area contributed by atoms with Gasteiger partial charge in [-0.3, -0.25) is 10.1 Å². The van der Waals surface area contributed by atoms with Crippen molar-refractivity contribution in [2.75, 3.05) is 11.9 Å². The lowest BCUT2D eigenvalue weighted by molar-refractivity contribution is -0.115. The third-order valence-corrected chi connectivity index (χ3v) is 2.09. The second-order valence-electron chi connectivity index (χ2n) is 3.41. The largest absolute Gasteiger partial charge is 0.306 e. The molecule has 2 rings (SSSR count). The molecule has 6 nitrogen and oxygen atoms in total. The summed E-state index contributed by atoms with van der Waals surface area (Å²) < 4.78 is 1.52. The van der Waals surface area contributed by atoms with E-state index in [2.05, 4.69) is 20.7 Å². The number of hydrogen-bond donors (Lipinski definition) is 2. The van der Waals surface area contributed by atoms with Crippen LogP contribution in [0.15, 0.2) is 6.33 Å². The Morgan fingerprint density at radius 3 is 3.07 bits per heavy atom. The molecule has 0 aromatic carbocycles. The van der Waals surface area contributed by atoms with Crippen LogP contribution < -0.4 is 10.6 Å². The van der Waals surface area contributed by atoms with E-state index in [9.17, 15) is 4.79 Å². The molecule has 0 aliphatic heterocycles. The first kappa shape index (κ1) is 9.14.